The third-order valence-corrected chi connectivity index (χ3v) is 2.90. The van der Waals surface area contributed by atoms with Crippen LogP contribution in [0.1, 0.15) is 5.82 Å². The summed E-state index contributed by atoms with van der Waals surface area (Å²) in [5, 5.41) is 13.1. The zero-order valence-corrected chi connectivity index (χ0v) is 9.89. The van der Waals surface area contributed by atoms with Gasteiger partial charge in [0.15, 0.2) is 11.5 Å². The zero-order valence-electron chi connectivity index (χ0n) is 9.13. The molecule has 0 spiro atoms. The second-order valence-corrected chi connectivity index (χ2v) is 4.12. The summed E-state index contributed by atoms with van der Waals surface area (Å²) in [5.74, 6) is 0.758. The summed E-state index contributed by atoms with van der Waals surface area (Å²) in [5.41, 5.74) is 2.45. The standard InChI is InChI=1S/C12H9ClN4/c1-8-14-15-12-7-6-11(16-17(8)12)9-4-2-3-5-10(9)13/h2-7H,1H3. The van der Waals surface area contributed by atoms with E-state index in [1.54, 1.807) is 4.52 Å². The van der Waals surface area contributed by atoms with E-state index in [0.29, 0.717) is 5.02 Å². The van der Waals surface area contributed by atoms with Crippen LogP contribution in [-0.4, -0.2) is 19.8 Å². The first-order chi connectivity index (χ1) is 8.25. The Hall–Kier alpha value is -1.94. The average Bonchev–Trinajstić information content (AvgIpc) is 2.71. The lowest BCUT2D eigenvalue weighted by molar-refractivity contribution is 0.880. The van der Waals surface area contributed by atoms with Gasteiger partial charge in [-0.15, -0.1) is 10.2 Å². The Morgan fingerprint density at radius 3 is 2.71 bits per heavy atom. The quantitative estimate of drug-likeness (QED) is 0.661. The zero-order chi connectivity index (χ0) is 11.8. The van der Waals surface area contributed by atoms with Crippen LogP contribution < -0.4 is 0 Å². The van der Waals surface area contributed by atoms with E-state index in [-0.39, 0.29) is 0 Å². The molecule has 0 radical (unpaired) electrons. The third-order valence-electron chi connectivity index (χ3n) is 2.57. The number of halogens is 1. The van der Waals surface area contributed by atoms with Crippen molar-refractivity contribution < 1.29 is 0 Å². The van der Waals surface area contributed by atoms with E-state index in [4.69, 9.17) is 11.6 Å². The first kappa shape index (κ1) is 10.2. The van der Waals surface area contributed by atoms with Crippen molar-refractivity contribution >= 4 is 17.2 Å². The Bertz CT molecular complexity index is 690. The molecule has 3 aromatic rings. The monoisotopic (exact) mass is 244 g/mol. The summed E-state index contributed by atoms with van der Waals surface area (Å²) >= 11 is 6.14. The van der Waals surface area contributed by atoms with Gasteiger partial charge in [-0.3, -0.25) is 0 Å². The number of hydrogen-bond donors (Lipinski definition) is 0. The van der Waals surface area contributed by atoms with Gasteiger partial charge in [0, 0.05) is 5.56 Å². The number of rotatable bonds is 1. The van der Waals surface area contributed by atoms with Crippen LogP contribution in [0.25, 0.3) is 16.9 Å². The van der Waals surface area contributed by atoms with Crippen molar-refractivity contribution in [3.8, 4) is 11.3 Å². The van der Waals surface area contributed by atoms with Gasteiger partial charge in [0.25, 0.3) is 0 Å². The molecular formula is C12H9ClN4. The highest BCUT2D eigenvalue weighted by Gasteiger charge is 2.07. The largest absolute Gasteiger partial charge is 0.197 e. The van der Waals surface area contributed by atoms with Crippen molar-refractivity contribution in [1.29, 1.82) is 0 Å². The van der Waals surface area contributed by atoms with Crippen molar-refractivity contribution in [3.63, 3.8) is 0 Å². The molecule has 0 atom stereocenters. The van der Waals surface area contributed by atoms with E-state index < -0.39 is 0 Å². The summed E-state index contributed by atoms with van der Waals surface area (Å²) in [6.45, 7) is 1.86. The van der Waals surface area contributed by atoms with E-state index in [0.717, 1.165) is 22.7 Å². The van der Waals surface area contributed by atoms with Gasteiger partial charge in [-0.1, -0.05) is 29.8 Å². The first-order valence-corrected chi connectivity index (χ1v) is 5.57. The molecule has 4 nitrogen and oxygen atoms in total. The minimum atomic E-state index is 0.685. The molecule has 5 heteroatoms. The number of fused-ring (bicyclic) bond motifs is 1. The molecule has 3 rings (SSSR count). The summed E-state index contributed by atoms with van der Waals surface area (Å²) in [6, 6.07) is 11.4. The van der Waals surface area contributed by atoms with Crippen molar-refractivity contribution in [3.05, 3.63) is 47.2 Å². The molecule has 0 N–H and O–H groups in total. The number of aromatic nitrogens is 4. The maximum absolute atomic E-state index is 6.14. The highest BCUT2D eigenvalue weighted by molar-refractivity contribution is 6.33. The fraction of sp³-hybridized carbons (Fsp3) is 0.0833. The van der Waals surface area contributed by atoms with Crippen LogP contribution in [-0.2, 0) is 0 Å². The number of benzene rings is 1. The Balaban J connectivity index is 2.24. The van der Waals surface area contributed by atoms with Crippen LogP contribution >= 0.6 is 11.6 Å². The molecule has 2 aromatic heterocycles. The Labute approximate surface area is 103 Å². The van der Waals surface area contributed by atoms with Crippen LogP contribution in [0.2, 0.25) is 5.02 Å². The number of hydrogen-bond acceptors (Lipinski definition) is 3. The van der Waals surface area contributed by atoms with Crippen molar-refractivity contribution in [2.45, 2.75) is 6.92 Å². The molecule has 0 saturated carbocycles. The number of nitrogens with zero attached hydrogens (tertiary/aromatic N) is 4. The predicted molar refractivity (Wildman–Crippen MR) is 66.0 cm³/mol. The van der Waals surface area contributed by atoms with Gasteiger partial charge in [-0.05, 0) is 25.1 Å². The van der Waals surface area contributed by atoms with Crippen LogP contribution in [0.5, 0.6) is 0 Å². The molecule has 2 heterocycles. The van der Waals surface area contributed by atoms with Crippen molar-refractivity contribution in [2.75, 3.05) is 0 Å². The molecular weight excluding hydrogens is 236 g/mol. The average molecular weight is 245 g/mol. The normalized spacial score (nSPS) is 10.9. The summed E-state index contributed by atoms with van der Waals surface area (Å²) < 4.78 is 1.71. The predicted octanol–water partition coefficient (Wildman–Crippen LogP) is 2.75. The first-order valence-electron chi connectivity index (χ1n) is 5.20. The van der Waals surface area contributed by atoms with Crippen LogP contribution in [0, 0.1) is 6.92 Å². The van der Waals surface area contributed by atoms with E-state index in [1.807, 2.05) is 43.3 Å². The SMILES string of the molecule is Cc1nnc2ccc(-c3ccccc3Cl)nn12. The highest BCUT2D eigenvalue weighted by atomic mass is 35.5. The molecule has 0 fully saturated rings. The van der Waals surface area contributed by atoms with E-state index >= 15 is 0 Å². The second kappa shape index (κ2) is 3.82. The van der Waals surface area contributed by atoms with Gasteiger partial charge in [-0.25, -0.2) is 0 Å². The minimum absolute atomic E-state index is 0.685. The van der Waals surface area contributed by atoms with Crippen molar-refractivity contribution in [2.24, 2.45) is 0 Å². The molecule has 0 aliphatic carbocycles. The summed E-state index contributed by atoms with van der Waals surface area (Å²) in [6.07, 6.45) is 0. The highest BCUT2D eigenvalue weighted by Crippen LogP contribution is 2.25. The maximum atomic E-state index is 6.14. The van der Waals surface area contributed by atoms with Gasteiger partial charge in [-0.2, -0.15) is 9.61 Å². The Kier molecular flexibility index (Phi) is 2.30. The molecule has 0 aliphatic rings. The van der Waals surface area contributed by atoms with Crippen LogP contribution in [0.15, 0.2) is 36.4 Å². The third kappa shape index (κ3) is 1.66. The molecule has 0 bridgehead atoms. The lowest BCUT2D eigenvalue weighted by Crippen LogP contribution is -1.96. The molecule has 84 valence electrons. The smallest absolute Gasteiger partial charge is 0.177 e. The van der Waals surface area contributed by atoms with Crippen LogP contribution in [0.3, 0.4) is 0 Å². The lowest BCUT2D eigenvalue weighted by Gasteiger charge is -2.03. The number of aryl methyl sites for hydroxylation is 1. The lowest BCUT2D eigenvalue weighted by atomic mass is 10.1. The van der Waals surface area contributed by atoms with Gasteiger partial charge < -0.3 is 0 Å². The van der Waals surface area contributed by atoms with Gasteiger partial charge in [0.2, 0.25) is 0 Å². The molecule has 0 amide bonds. The fourth-order valence-corrected chi connectivity index (χ4v) is 1.94. The topological polar surface area (TPSA) is 43.1 Å². The summed E-state index contributed by atoms with van der Waals surface area (Å²) in [4.78, 5) is 0. The Morgan fingerprint density at radius 1 is 1.06 bits per heavy atom. The second-order valence-electron chi connectivity index (χ2n) is 3.72. The van der Waals surface area contributed by atoms with Gasteiger partial charge >= 0.3 is 0 Å². The van der Waals surface area contributed by atoms with Gasteiger partial charge in [0.05, 0.1) is 10.7 Å². The maximum Gasteiger partial charge on any atom is 0.177 e. The fourth-order valence-electron chi connectivity index (χ4n) is 1.71. The molecule has 17 heavy (non-hydrogen) atoms. The molecule has 1 aromatic carbocycles. The minimum Gasteiger partial charge on any atom is -0.197 e. The van der Waals surface area contributed by atoms with E-state index in [2.05, 4.69) is 15.3 Å². The van der Waals surface area contributed by atoms with Crippen molar-refractivity contribution in [1.82, 2.24) is 19.8 Å². The Morgan fingerprint density at radius 2 is 1.88 bits per heavy atom. The van der Waals surface area contributed by atoms with E-state index in [9.17, 15) is 0 Å². The summed E-state index contributed by atoms with van der Waals surface area (Å²) in [7, 11) is 0. The molecule has 0 unspecified atom stereocenters. The molecule has 0 saturated heterocycles. The van der Waals surface area contributed by atoms with E-state index in [1.165, 1.54) is 0 Å². The van der Waals surface area contributed by atoms with Crippen LogP contribution in [0.4, 0.5) is 0 Å². The van der Waals surface area contributed by atoms with Gasteiger partial charge in [0.1, 0.15) is 0 Å². The molecule has 0 aliphatic heterocycles.